The Morgan fingerprint density at radius 2 is 0.646 bits per heavy atom. The van der Waals surface area contributed by atoms with E-state index < -0.39 is 0 Å². The van der Waals surface area contributed by atoms with E-state index in [1.54, 1.807) is 0 Å². The van der Waals surface area contributed by atoms with Crippen molar-refractivity contribution in [2.24, 2.45) is 0 Å². The standard InChI is InChI=1S/C91H77BN4/c1-10-59-40-46-81-75(50-59)76-51-60(11-2)41-47-82(76)94(81)68-43-45-78-84(57-68)96(89-73(63-32-20-14-21-33-63)54-66(91(7,8)9)55-74(89)64-34-22-15-23-35-64)86-49-58(3)48-85-87(86)92(78)77-44-42-67(93-79-38-26-24-36-69(79)70-37-25-27-39-80(70)93)56-83(77)95(85)88-71(61-28-16-12-17-29-61)52-65(90(4,5)6)53-72(88)62-30-18-13-19-31-62/h12-57H,10-11H2,1-9H3. The van der Waals surface area contributed by atoms with Crippen LogP contribution in [0.1, 0.15) is 83.2 Å². The molecular formula is C91H77BN4. The fourth-order valence-corrected chi connectivity index (χ4v) is 15.9. The van der Waals surface area contributed by atoms with Crippen LogP contribution in [0.4, 0.5) is 34.1 Å². The van der Waals surface area contributed by atoms with Crippen LogP contribution in [0, 0.1) is 6.92 Å². The van der Waals surface area contributed by atoms with Gasteiger partial charge < -0.3 is 18.9 Å². The van der Waals surface area contributed by atoms with E-state index >= 15 is 0 Å². The first kappa shape index (κ1) is 58.9. The van der Waals surface area contributed by atoms with Crippen LogP contribution in [0.2, 0.25) is 0 Å². The maximum atomic E-state index is 2.71. The first-order valence-electron chi connectivity index (χ1n) is 34.4. The molecule has 0 saturated carbocycles. The first-order chi connectivity index (χ1) is 46.7. The van der Waals surface area contributed by atoms with Gasteiger partial charge in [-0.3, -0.25) is 0 Å². The number of anilines is 6. The molecule has 0 amide bonds. The molecule has 0 radical (unpaired) electrons. The SMILES string of the molecule is CCc1ccc2c(c1)c1cc(CC)ccc1n2-c1ccc2c(c1)N(c1c(-c3ccccc3)cc(C(C)(C)C)cc1-c1ccccc1)c1cc(C)cc3c1B2c1ccc(-n2c4ccccc4c4ccccc42)cc1N3c1c(-c2ccccc2)cc(C(C)(C)C)cc1-c1ccccc1. The maximum Gasteiger partial charge on any atom is 0.252 e. The van der Waals surface area contributed by atoms with Crippen LogP contribution in [0.3, 0.4) is 0 Å². The highest BCUT2D eigenvalue weighted by Crippen LogP contribution is 2.55. The lowest BCUT2D eigenvalue weighted by molar-refractivity contribution is 0.590. The summed E-state index contributed by atoms with van der Waals surface area (Å²) >= 11 is 0. The Balaban J connectivity index is 1.05. The van der Waals surface area contributed by atoms with E-state index in [9.17, 15) is 0 Å². The molecule has 4 nitrogen and oxygen atoms in total. The van der Waals surface area contributed by atoms with E-state index in [-0.39, 0.29) is 17.5 Å². The Labute approximate surface area is 565 Å². The van der Waals surface area contributed by atoms with Gasteiger partial charge in [-0.25, -0.2) is 0 Å². The van der Waals surface area contributed by atoms with Gasteiger partial charge >= 0.3 is 0 Å². The second-order valence-corrected chi connectivity index (χ2v) is 28.7. The molecule has 17 rings (SSSR count). The molecule has 0 atom stereocenters. The van der Waals surface area contributed by atoms with Crippen molar-refractivity contribution in [1.82, 2.24) is 9.13 Å². The third-order valence-corrected chi connectivity index (χ3v) is 20.7. The Bertz CT molecular complexity index is 5350. The largest absolute Gasteiger partial charge is 0.310 e. The molecule has 0 unspecified atom stereocenters. The number of hydrogen-bond acceptors (Lipinski definition) is 2. The normalized spacial score (nSPS) is 12.9. The van der Waals surface area contributed by atoms with E-state index in [0.717, 1.165) is 58.3 Å². The van der Waals surface area contributed by atoms with Gasteiger partial charge in [-0.05, 0) is 194 Å². The maximum absolute atomic E-state index is 2.71. The summed E-state index contributed by atoms with van der Waals surface area (Å²) in [5.74, 6) is 0. The van der Waals surface area contributed by atoms with Gasteiger partial charge in [0.2, 0.25) is 0 Å². The third-order valence-electron chi connectivity index (χ3n) is 20.7. The first-order valence-corrected chi connectivity index (χ1v) is 34.4. The molecule has 2 aliphatic rings. The molecule has 0 spiro atoms. The molecule has 0 N–H and O–H groups in total. The lowest BCUT2D eigenvalue weighted by atomic mass is 9.33. The van der Waals surface area contributed by atoms with Gasteiger partial charge in [-0.2, -0.15) is 0 Å². The van der Waals surface area contributed by atoms with Crippen LogP contribution in [0.15, 0.2) is 279 Å². The minimum absolute atomic E-state index is 0.169. The predicted molar refractivity (Wildman–Crippen MR) is 412 cm³/mol. The molecule has 0 aliphatic carbocycles. The lowest BCUT2D eigenvalue weighted by Gasteiger charge is -2.46. The minimum atomic E-state index is -0.199. The van der Waals surface area contributed by atoms with Crippen molar-refractivity contribution in [2.75, 3.05) is 9.80 Å². The Kier molecular flexibility index (Phi) is 13.9. The fraction of sp³-hybridized carbons (Fsp3) is 0.143. The summed E-state index contributed by atoms with van der Waals surface area (Å²) in [6.07, 6.45) is 1.94. The van der Waals surface area contributed by atoms with E-state index in [1.165, 1.54) is 132 Å². The van der Waals surface area contributed by atoms with Gasteiger partial charge in [-0.15, -0.1) is 0 Å². The number of benzene rings is 13. The zero-order valence-corrected chi connectivity index (χ0v) is 56.3. The van der Waals surface area contributed by atoms with Crippen molar-refractivity contribution >= 4 is 101 Å². The lowest BCUT2D eigenvalue weighted by Crippen LogP contribution is -2.61. The summed E-state index contributed by atoms with van der Waals surface area (Å²) in [4.78, 5) is 5.42. The smallest absolute Gasteiger partial charge is 0.252 e. The number of aryl methyl sites for hydroxylation is 3. The molecule has 0 bridgehead atoms. The molecule has 5 heteroatoms. The van der Waals surface area contributed by atoms with Crippen molar-refractivity contribution in [3.05, 3.63) is 307 Å². The number of fused-ring (bicyclic) bond motifs is 10. The van der Waals surface area contributed by atoms with Crippen LogP contribution in [-0.4, -0.2) is 15.8 Å². The molecule has 464 valence electrons. The highest BCUT2D eigenvalue weighted by atomic mass is 15.2. The summed E-state index contributed by atoms with van der Waals surface area (Å²) < 4.78 is 5.04. The molecule has 2 aromatic heterocycles. The van der Waals surface area contributed by atoms with E-state index in [2.05, 4.69) is 360 Å². The molecule has 2 aliphatic heterocycles. The molecule has 96 heavy (non-hydrogen) atoms. The molecule has 15 aromatic rings. The number of para-hydroxylation sites is 2. The quantitative estimate of drug-likeness (QED) is 0.127. The van der Waals surface area contributed by atoms with E-state index in [1.807, 2.05) is 0 Å². The van der Waals surface area contributed by atoms with Crippen molar-refractivity contribution in [3.63, 3.8) is 0 Å². The summed E-state index contributed by atoms with van der Waals surface area (Å²) in [5.41, 5.74) is 33.1. The summed E-state index contributed by atoms with van der Waals surface area (Å²) in [5, 5.41) is 5.05. The van der Waals surface area contributed by atoms with Crippen LogP contribution < -0.4 is 26.2 Å². The number of nitrogens with zero attached hydrogens (tertiary/aromatic N) is 4. The highest BCUT2D eigenvalue weighted by Gasteiger charge is 2.46. The van der Waals surface area contributed by atoms with Gasteiger partial charge in [0.15, 0.2) is 0 Å². The Morgan fingerprint density at radius 1 is 0.312 bits per heavy atom. The average molecular weight is 1240 g/mol. The highest BCUT2D eigenvalue weighted by molar-refractivity contribution is 7.00. The average Bonchev–Trinajstić information content (AvgIpc) is 0.947. The second kappa shape index (κ2) is 22.7. The van der Waals surface area contributed by atoms with Crippen molar-refractivity contribution in [3.8, 4) is 55.9 Å². The number of hydrogen-bond donors (Lipinski definition) is 0. The fourth-order valence-electron chi connectivity index (χ4n) is 15.9. The van der Waals surface area contributed by atoms with Crippen LogP contribution in [-0.2, 0) is 23.7 Å². The van der Waals surface area contributed by atoms with Crippen LogP contribution in [0.5, 0.6) is 0 Å². The van der Waals surface area contributed by atoms with Gasteiger partial charge in [0.25, 0.3) is 6.71 Å². The summed E-state index contributed by atoms with van der Waals surface area (Å²) in [6.45, 7) is 20.8. The van der Waals surface area contributed by atoms with E-state index in [4.69, 9.17) is 0 Å². The third kappa shape index (κ3) is 9.48. The molecular weight excluding hydrogens is 1160 g/mol. The van der Waals surface area contributed by atoms with Gasteiger partial charge in [0.1, 0.15) is 0 Å². The van der Waals surface area contributed by atoms with Crippen molar-refractivity contribution < 1.29 is 0 Å². The van der Waals surface area contributed by atoms with Gasteiger partial charge in [0, 0.05) is 77.9 Å². The number of aromatic nitrogens is 2. The molecule has 13 aromatic carbocycles. The van der Waals surface area contributed by atoms with E-state index in [0.29, 0.717) is 0 Å². The Morgan fingerprint density at radius 3 is 0.990 bits per heavy atom. The topological polar surface area (TPSA) is 16.3 Å². The van der Waals surface area contributed by atoms with Crippen molar-refractivity contribution in [1.29, 1.82) is 0 Å². The Hall–Kier alpha value is -10.9. The monoisotopic (exact) mass is 1240 g/mol. The number of rotatable bonds is 10. The van der Waals surface area contributed by atoms with Gasteiger partial charge in [-0.1, -0.05) is 237 Å². The summed E-state index contributed by atoms with van der Waals surface area (Å²) in [6, 6.07) is 107. The molecule has 4 heterocycles. The molecule has 0 fully saturated rings. The zero-order valence-electron chi connectivity index (χ0n) is 56.3. The van der Waals surface area contributed by atoms with Gasteiger partial charge in [0.05, 0.1) is 33.4 Å². The van der Waals surface area contributed by atoms with Crippen molar-refractivity contribution in [2.45, 2.75) is 86.0 Å². The predicted octanol–water partition coefficient (Wildman–Crippen LogP) is 22.7. The van der Waals surface area contributed by atoms with Crippen LogP contribution in [0.25, 0.3) is 99.5 Å². The zero-order chi connectivity index (χ0) is 65.3. The minimum Gasteiger partial charge on any atom is -0.310 e. The van der Waals surface area contributed by atoms with Crippen LogP contribution >= 0.6 is 0 Å². The second-order valence-electron chi connectivity index (χ2n) is 28.7. The molecule has 0 saturated heterocycles. The summed E-state index contributed by atoms with van der Waals surface area (Å²) in [7, 11) is 0.